The predicted octanol–water partition coefficient (Wildman–Crippen LogP) is 15.4. The Hall–Kier alpha value is -0.830. The Kier molecular flexibility index (Phi) is 36.9. The van der Waals surface area contributed by atoms with Gasteiger partial charge < -0.3 is 9.80 Å². The highest BCUT2D eigenvalue weighted by atomic mass is 16.2. The Morgan fingerprint density at radius 2 is 0.804 bits per heavy atom. The fraction of sp³-hybridized carbons (Fsp3) is 0.938. The Balaban J connectivity index is 4.58. The normalized spacial score (nSPS) is 13.4. The lowest BCUT2D eigenvalue weighted by Crippen LogP contribution is -2.34. The molecule has 0 bridgehead atoms. The molecular weight excluding hydrogens is 621 g/mol. The number of amides is 1. The van der Waals surface area contributed by atoms with Crippen molar-refractivity contribution in [3.63, 3.8) is 0 Å². The summed E-state index contributed by atoms with van der Waals surface area (Å²) in [5, 5.41) is 0. The molecule has 0 aliphatic carbocycles. The third-order valence-electron chi connectivity index (χ3n) is 11.9. The zero-order chi connectivity index (χ0) is 37.8. The number of hydrogen-bond acceptors (Lipinski definition) is 2. The molecule has 0 aliphatic rings. The zero-order valence-electron chi connectivity index (χ0n) is 36.7. The van der Waals surface area contributed by atoms with Crippen molar-refractivity contribution in [2.75, 3.05) is 34.2 Å². The van der Waals surface area contributed by atoms with Crippen LogP contribution in [0.1, 0.15) is 240 Å². The van der Waals surface area contributed by atoms with E-state index >= 15 is 0 Å². The van der Waals surface area contributed by atoms with Gasteiger partial charge in [-0.3, -0.25) is 4.79 Å². The summed E-state index contributed by atoms with van der Waals surface area (Å²) in [6, 6.07) is 0. The molecule has 51 heavy (non-hydrogen) atoms. The first-order valence-corrected chi connectivity index (χ1v) is 23.3. The van der Waals surface area contributed by atoms with Gasteiger partial charge in [-0.1, -0.05) is 213 Å². The summed E-state index contributed by atoms with van der Waals surface area (Å²) < 4.78 is 0. The van der Waals surface area contributed by atoms with Gasteiger partial charge in [0, 0.05) is 20.0 Å². The Morgan fingerprint density at radius 3 is 1.14 bits per heavy atom. The Labute approximate surface area is 323 Å². The number of allylic oxidation sites excluding steroid dienone is 2. The maximum atomic E-state index is 12.7. The van der Waals surface area contributed by atoms with Crippen molar-refractivity contribution in [2.24, 2.45) is 17.8 Å². The molecule has 0 aromatic carbocycles. The van der Waals surface area contributed by atoms with Gasteiger partial charge in [0.2, 0.25) is 5.91 Å². The van der Waals surface area contributed by atoms with Crippen molar-refractivity contribution in [3.8, 4) is 0 Å². The molecule has 0 aromatic heterocycles. The third-order valence-corrected chi connectivity index (χ3v) is 11.9. The van der Waals surface area contributed by atoms with Gasteiger partial charge in [0.15, 0.2) is 0 Å². The first-order chi connectivity index (χ1) is 24.7. The molecule has 0 spiro atoms. The predicted molar refractivity (Wildman–Crippen MR) is 231 cm³/mol. The molecule has 0 radical (unpaired) electrons. The van der Waals surface area contributed by atoms with Crippen LogP contribution in [0.3, 0.4) is 0 Å². The van der Waals surface area contributed by atoms with E-state index in [1.807, 2.05) is 11.9 Å². The quantitative estimate of drug-likeness (QED) is 0.0467. The van der Waals surface area contributed by atoms with Crippen molar-refractivity contribution >= 4 is 5.91 Å². The summed E-state index contributed by atoms with van der Waals surface area (Å²) in [7, 11) is 6.18. The summed E-state index contributed by atoms with van der Waals surface area (Å²) >= 11 is 0. The molecule has 0 rings (SSSR count). The zero-order valence-corrected chi connectivity index (χ0v) is 36.7. The van der Waals surface area contributed by atoms with Crippen molar-refractivity contribution < 1.29 is 4.79 Å². The molecule has 0 saturated carbocycles. The molecule has 3 nitrogen and oxygen atoms in total. The molecule has 3 heteroatoms. The summed E-state index contributed by atoms with van der Waals surface area (Å²) in [4.78, 5) is 16.9. The summed E-state index contributed by atoms with van der Waals surface area (Å²) in [6.45, 7) is 13.7. The molecule has 1 amide bonds. The van der Waals surface area contributed by atoms with Gasteiger partial charge in [-0.05, 0) is 70.5 Å². The van der Waals surface area contributed by atoms with Crippen LogP contribution < -0.4 is 0 Å². The van der Waals surface area contributed by atoms with Crippen molar-refractivity contribution in [1.29, 1.82) is 0 Å². The second-order valence-corrected chi connectivity index (χ2v) is 17.4. The second kappa shape index (κ2) is 37.5. The molecule has 0 saturated heterocycles. The number of carbonyl (C=O) groups excluding carboxylic acids is 1. The van der Waals surface area contributed by atoms with E-state index < -0.39 is 0 Å². The van der Waals surface area contributed by atoms with Crippen LogP contribution in [0.2, 0.25) is 0 Å². The molecule has 0 fully saturated rings. The highest BCUT2D eigenvalue weighted by Crippen LogP contribution is 2.27. The van der Waals surface area contributed by atoms with Crippen LogP contribution in [0, 0.1) is 17.8 Å². The number of rotatable bonds is 39. The Morgan fingerprint density at radius 1 is 0.471 bits per heavy atom. The average Bonchev–Trinajstić information content (AvgIpc) is 3.10. The third kappa shape index (κ3) is 33.5. The minimum absolute atomic E-state index is 0.301. The minimum Gasteiger partial charge on any atom is -0.345 e. The number of unbranched alkanes of at least 4 members (excludes halogenated alkanes) is 26. The molecule has 304 valence electrons. The van der Waals surface area contributed by atoms with Crippen LogP contribution in [0.25, 0.3) is 0 Å². The molecule has 0 heterocycles. The van der Waals surface area contributed by atoms with E-state index in [1.54, 1.807) is 5.57 Å². The van der Waals surface area contributed by atoms with Crippen LogP contribution >= 0.6 is 0 Å². The average molecular weight is 717 g/mol. The fourth-order valence-corrected chi connectivity index (χ4v) is 7.86. The lowest BCUT2D eigenvalue weighted by molar-refractivity contribution is -0.130. The van der Waals surface area contributed by atoms with Gasteiger partial charge >= 0.3 is 0 Å². The van der Waals surface area contributed by atoms with Gasteiger partial charge in [-0.2, -0.15) is 0 Å². The minimum atomic E-state index is 0.301. The van der Waals surface area contributed by atoms with E-state index in [-0.39, 0.29) is 0 Å². The molecule has 0 N–H and O–H groups in total. The van der Waals surface area contributed by atoms with E-state index in [2.05, 4.69) is 59.7 Å². The standard InChI is InChI=1S/C48H96N2O/c1-9-11-13-15-17-19-21-23-25-27-29-31-33-35-38-47(39-36-34-32-30-28-26-24-22-20-18-16-14-12-10-2)42-44(3)46(5)45(4)43-50(8)48(51)40-37-41-49(6)7/h42,44-46H,9-41,43H2,1-8H3. The van der Waals surface area contributed by atoms with E-state index in [1.165, 1.54) is 193 Å². The van der Waals surface area contributed by atoms with Crippen LogP contribution in [0.4, 0.5) is 0 Å². The monoisotopic (exact) mass is 717 g/mol. The molecule has 3 unspecified atom stereocenters. The maximum Gasteiger partial charge on any atom is 0.222 e. The first kappa shape index (κ1) is 50.2. The van der Waals surface area contributed by atoms with E-state index in [4.69, 9.17) is 0 Å². The summed E-state index contributed by atoms with van der Waals surface area (Å²) in [5.41, 5.74) is 1.73. The van der Waals surface area contributed by atoms with Crippen LogP contribution in [-0.2, 0) is 4.79 Å². The van der Waals surface area contributed by atoms with E-state index in [0.29, 0.717) is 30.1 Å². The lowest BCUT2D eigenvalue weighted by Gasteiger charge is -2.29. The smallest absolute Gasteiger partial charge is 0.222 e. The number of carbonyl (C=O) groups is 1. The molecule has 0 aromatic rings. The van der Waals surface area contributed by atoms with Crippen LogP contribution in [-0.4, -0.2) is 49.9 Å². The Bertz CT molecular complexity index is 726. The molecule has 0 aliphatic heterocycles. The van der Waals surface area contributed by atoms with Gasteiger partial charge in [0.25, 0.3) is 0 Å². The lowest BCUT2D eigenvalue weighted by atomic mass is 9.82. The number of nitrogens with zero attached hydrogens (tertiary/aromatic N) is 2. The summed E-state index contributed by atoms with van der Waals surface area (Å²) in [5.74, 6) is 1.94. The van der Waals surface area contributed by atoms with Gasteiger partial charge in [-0.15, -0.1) is 0 Å². The number of hydrogen-bond donors (Lipinski definition) is 0. The van der Waals surface area contributed by atoms with E-state index in [9.17, 15) is 4.79 Å². The highest BCUT2D eigenvalue weighted by Gasteiger charge is 2.21. The topological polar surface area (TPSA) is 23.6 Å². The second-order valence-electron chi connectivity index (χ2n) is 17.4. The van der Waals surface area contributed by atoms with Gasteiger partial charge in [0.1, 0.15) is 0 Å². The SMILES string of the molecule is CCCCCCCCCCCCCCCCC(=CC(C)C(C)C(C)CN(C)C(=O)CCCN(C)C)CCCCCCCCCCCCCCCC. The van der Waals surface area contributed by atoms with Crippen LogP contribution in [0.5, 0.6) is 0 Å². The van der Waals surface area contributed by atoms with E-state index in [0.717, 1.165) is 19.5 Å². The van der Waals surface area contributed by atoms with Gasteiger partial charge in [0.05, 0.1) is 0 Å². The maximum absolute atomic E-state index is 12.7. The highest BCUT2D eigenvalue weighted by molar-refractivity contribution is 5.75. The molecular formula is C48H96N2O. The van der Waals surface area contributed by atoms with Crippen LogP contribution in [0.15, 0.2) is 11.6 Å². The fourth-order valence-electron chi connectivity index (χ4n) is 7.86. The summed E-state index contributed by atoms with van der Waals surface area (Å²) in [6.07, 6.45) is 46.9. The van der Waals surface area contributed by atoms with Crippen molar-refractivity contribution in [3.05, 3.63) is 11.6 Å². The van der Waals surface area contributed by atoms with Crippen molar-refractivity contribution in [1.82, 2.24) is 9.80 Å². The largest absolute Gasteiger partial charge is 0.345 e. The molecule has 3 atom stereocenters. The first-order valence-electron chi connectivity index (χ1n) is 23.3. The van der Waals surface area contributed by atoms with Crippen molar-refractivity contribution in [2.45, 2.75) is 240 Å². The van der Waals surface area contributed by atoms with Gasteiger partial charge in [-0.25, -0.2) is 0 Å².